The Balaban J connectivity index is 1.23. The summed E-state index contributed by atoms with van der Waals surface area (Å²) in [5.41, 5.74) is 11.7. The van der Waals surface area contributed by atoms with Crippen LogP contribution in [0.2, 0.25) is 0 Å². The summed E-state index contributed by atoms with van der Waals surface area (Å²) in [7, 11) is 0. The van der Waals surface area contributed by atoms with Crippen LogP contribution in [-0.2, 0) is 0 Å². The van der Waals surface area contributed by atoms with Crippen LogP contribution >= 0.6 is 0 Å². The minimum atomic E-state index is 0.491. The predicted octanol–water partition coefficient (Wildman–Crippen LogP) is 14.1. The van der Waals surface area contributed by atoms with Crippen LogP contribution in [0.15, 0.2) is 192 Å². The molecule has 0 fully saturated rings. The minimum absolute atomic E-state index is 0.491. The molecule has 0 aliphatic carbocycles. The number of benzene rings is 8. The van der Waals surface area contributed by atoms with Crippen molar-refractivity contribution >= 4 is 71.2 Å². The van der Waals surface area contributed by atoms with E-state index in [1.807, 2.05) is 48.5 Å². The lowest BCUT2D eigenvalue weighted by Crippen LogP contribution is -2.00. The number of nitrogens with zero attached hydrogens (tertiary/aromatic N) is 5. The largest absolute Gasteiger partial charge is 0.454 e. The normalized spacial score (nSPS) is 11.7. The molecule has 0 aliphatic rings. The maximum absolute atomic E-state index is 9.00. The third-order valence-corrected chi connectivity index (χ3v) is 11.6. The summed E-state index contributed by atoms with van der Waals surface area (Å²) >= 11 is 0. The van der Waals surface area contributed by atoms with Gasteiger partial charge in [-0.1, -0.05) is 146 Å². The van der Waals surface area contributed by atoms with Crippen molar-refractivity contribution in [3.05, 3.63) is 199 Å². The highest BCUT2D eigenvalue weighted by Crippen LogP contribution is 2.48. The molecule has 4 aromatic heterocycles. The maximum atomic E-state index is 9.00. The first-order valence-electron chi connectivity index (χ1n) is 19.6. The van der Waals surface area contributed by atoms with Gasteiger partial charge in [-0.3, -0.25) is 0 Å². The molecule has 0 N–H and O–H groups in total. The zero-order valence-corrected chi connectivity index (χ0v) is 31.5. The van der Waals surface area contributed by atoms with Gasteiger partial charge < -0.3 is 13.6 Å². The van der Waals surface area contributed by atoms with Crippen LogP contribution in [0.3, 0.4) is 0 Å². The molecule has 0 unspecified atom stereocenters. The number of furan rings is 1. The lowest BCUT2D eigenvalue weighted by atomic mass is 10.0. The second-order valence-electron chi connectivity index (χ2n) is 14.8. The molecule has 0 saturated heterocycles. The summed E-state index contributed by atoms with van der Waals surface area (Å²) in [6, 6.07) is 64.5. The SMILES string of the molecule is [C-]#[N+]c1c(-n2c3ccccc3c3ccccc32)cc2c(oc3c(-c4nc(-c5ccccc5)cc(-c5ccccc5)n4)cccc32)c1-n1c2ccccc2c2ccccc21. The van der Waals surface area contributed by atoms with E-state index in [-0.39, 0.29) is 0 Å². The Morgan fingerprint density at radius 1 is 0.424 bits per heavy atom. The quantitative estimate of drug-likeness (QED) is 0.164. The van der Waals surface area contributed by atoms with Gasteiger partial charge >= 0.3 is 0 Å². The van der Waals surface area contributed by atoms with Crippen molar-refractivity contribution in [2.24, 2.45) is 0 Å². The molecule has 8 aromatic carbocycles. The molecule has 0 radical (unpaired) electrons. The molecule has 6 nitrogen and oxygen atoms in total. The van der Waals surface area contributed by atoms with Gasteiger partial charge in [0, 0.05) is 43.4 Å². The zero-order chi connectivity index (χ0) is 39.0. The van der Waals surface area contributed by atoms with E-state index >= 15 is 0 Å². The van der Waals surface area contributed by atoms with E-state index in [0.29, 0.717) is 28.4 Å². The highest BCUT2D eigenvalue weighted by molar-refractivity contribution is 6.18. The molecule has 0 aliphatic heterocycles. The second-order valence-corrected chi connectivity index (χ2v) is 14.8. The first-order valence-corrected chi connectivity index (χ1v) is 19.6. The third kappa shape index (κ3) is 4.92. The number of rotatable bonds is 5. The topological polar surface area (TPSA) is 53.1 Å². The molecule has 12 aromatic rings. The van der Waals surface area contributed by atoms with Crippen LogP contribution in [0.25, 0.3) is 116 Å². The van der Waals surface area contributed by atoms with Crippen LogP contribution in [0, 0.1) is 6.57 Å². The molecule has 4 heterocycles. The standard InChI is InChI=1S/C53H31N5O/c1-54-49-48(57-44-27-12-8-21-35(44)36-22-9-13-28-45(36)57)31-41-39-25-16-26-40(53-55-42(33-17-4-2-5-18-33)32-43(56-53)34-19-6-3-7-20-34)51(39)59-52(41)50(49)58-46-29-14-10-23-37(46)38-24-11-15-30-47(38)58/h2-32H. The molecule has 274 valence electrons. The van der Waals surface area contributed by atoms with Crippen molar-refractivity contribution in [2.45, 2.75) is 0 Å². The average molecular weight is 754 g/mol. The van der Waals surface area contributed by atoms with Gasteiger partial charge in [0.2, 0.25) is 5.69 Å². The van der Waals surface area contributed by atoms with Crippen LogP contribution < -0.4 is 0 Å². The van der Waals surface area contributed by atoms with Gasteiger partial charge in [0.25, 0.3) is 0 Å². The van der Waals surface area contributed by atoms with Gasteiger partial charge in [-0.25, -0.2) is 14.8 Å². The molecular formula is C53H31N5O. The van der Waals surface area contributed by atoms with Gasteiger partial charge in [0.1, 0.15) is 11.2 Å². The number of hydrogen-bond donors (Lipinski definition) is 0. The Hall–Kier alpha value is -8.27. The first kappa shape index (κ1) is 32.9. The molecule has 0 amide bonds. The van der Waals surface area contributed by atoms with Gasteiger partial charge in [-0.05, 0) is 42.5 Å². The number of hydrogen-bond acceptors (Lipinski definition) is 3. The van der Waals surface area contributed by atoms with E-state index < -0.39 is 0 Å². The van der Waals surface area contributed by atoms with Crippen molar-refractivity contribution in [1.29, 1.82) is 0 Å². The van der Waals surface area contributed by atoms with E-state index in [1.54, 1.807) is 0 Å². The van der Waals surface area contributed by atoms with E-state index in [0.717, 1.165) is 88.1 Å². The zero-order valence-electron chi connectivity index (χ0n) is 31.5. The van der Waals surface area contributed by atoms with Crippen molar-refractivity contribution in [1.82, 2.24) is 19.1 Å². The highest BCUT2D eigenvalue weighted by atomic mass is 16.3. The molecule has 59 heavy (non-hydrogen) atoms. The Morgan fingerprint density at radius 3 is 1.39 bits per heavy atom. The Labute approximate surface area is 338 Å². The van der Waals surface area contributed by atoms with E-state index in [1.165, 1.54) is 0 Å². The molecule has 0 saturated carbocycles. The van der Waals surface area contributed by atoms with Gasteiger partial charge in [-0.15, -0.1) is 0 Å². The average Bonchev–Trinajstić information content (AvgIpc) is 3.96. The Bertz CT molecular complexity index is 3520. The van der Waals surface area contributed by atoms with Gasteiger partial charge in [0.05, 0.1) is 57.0 Å². The lowest BCUT2D eigenvalue weighted by Gasteiger charge is -2.17. The number of aromatic nitrogens is 4. The lowest BCUT2D eigenvalue weighted by molar-refractivity contribution is 0.667. The van der Waals surface area contributed by atoms with E-state index in [2.05, 4.69) is 154 Å². The molecule has 0 bridgehead atoms. The van der Waals surface area contributed by atoms with E-state index in [4.69, 9.17) is 21.0 Å². The molecular weight excluding hydrogens is 723 g/mol. The molecule has 0 atom stereocenters. The summed E-state index contributed by atoms with van der Waals surface area (Å²) < 4.78 is 11.7. The second kappa shape index (κ2) is 12.9. The van der Waals surface area contributed by atoms with Crippen molar-refractivity contribution in [2.75, 3.05) is 0 Å². The fraction of sp³-hybridized carbons (Fsp3) is 0. The minimum Gasteiger partial charge on any atom is -0.454 e. The molecule has 12 rings (SSSR count). The van der Waals surface area contributed by atoms with Crippen LogP contribution in [-0.4, -0.2) is 19.1 Å². The number of fused-ring (bicyclic) bond motifs is 9. The summed E-state index contributed by atoms with van der Waals surface area (Å²) in [6.07, 6.45) is 0. The van der Waals surface area contributed by atoms with Crippen molar-refractivity contribution in [3.63, 3.8) is 0 Å². The van der Waals surface area contributed by atoms with Crippen molar-refractivity contribution in [3.8, 4) is 45.3 Å². The van der Waals surface area contributed by atoms with Gasteiger partial charge in [0.15, 0.2) is 5.82 Å². The third-order valence-electron chi connectivity index (χ3n) is 11.6. The van der Waals surface area contributed by atoms with Crippen LogP contribution in [0.1, 0.15) is 0 Å². The molecule has 0 spiro atoms. The smallest absolute Gasteiger partial charge is 0.237 e. The fourth-order valence-electron chi connectivity index (χ4n) is 8.98. The predicted molar refractivity (Wildman–Crippen MR) is 241 cm³/mol. The maximum Gasteiger partial charge on any atom is 0.237 e. The Morgan fingerprint density at radius 2 is 0.881 bits per heavy atom. The van der Waals surface area contributed by atoms with Crippen LogP contribution in [0.5, 0.6) is 0 Å². The summed E-state index contributed by atoms with van der Waals surface area (Å²) in [5.74, 6) is 0.557. The number of para-hydroxylation sites is 5. The highest BCUT2D eigenvalue weighted by Gasteiger charge is 2.27. The summed E-state index contributed by atoms with van der Waals surface area (Å²) in [5, 5.41) is 6.26. The van der Waals surface area contributed by atoms with Gasteiger partial charge in [-0.2, -0.15) is 0 Å². The van der Waals surface area contributed by atoms with E-state index in [9.17, 15) is 0 Å². The Kier molecular flexibility index (Phi) is 7.19. The summed E-state index contributed by atoms with van der Waals surface area (Å²) in [6.45, 7) is 9.00. The summed E-state index contributed by atoms with van der Waals surface area (Å²) in [4.78, 5) is 14.8. The van der Waals surface area contributed by atoms with Crippen LogP contribution in [0.4, 0.5) is 5.69 Å². The fourth-order valence-corrected chi connectivity index (χ4v) is 8.98. The first-order chi connectivity index (χ1) is 29.2. The van der Waals surface area contributed by atoms with Crippen molar-refractivity contribution < 1.29 is 4.42 Å². The monoisotopic (exact) mass is 753 g/mol. The molecule has 6 heteroatoms.